The number of carboxylic acids is 1. The largest absolute Gasteiger partial charge is 0.481 e. The summed E-state index contributed by atoms with van der Waals surface area (Å²) in [7, 11) is 0. The molecule has 2 fully saturated rings. The van der Waals surface area contributed by atoms with Crippen LogP contribution in [0.15, 0.2) is 0 Å². The first-order valence-corrected chi connectivity index (χ1v) is 5.47. The minimum absolute atomic E-state index is 0.00657. The van der Waals surface area contributed by atoms with E-state index in [-0.39, 0.29) is 23.8 Å². The van der Waals surface area contributed by atoms with Crippen LogP contribution in [0.3, 0.4) is 0 Å². The Morgan fingerprint density at radius 3 is 2.82 bits per heavy atom. The zero-order valence-corrected chi connectivity index (χ0v) is 8.91. The first kappa shape index (κ1) is 10.2. The van der Waals surface area contributed by atoms with Gasteiger partial charge in [0.1, 0.15) is 0 Å². The number of fused-ring (bicyclic) bond motifs is 2. The van der Waals surface area contributed by atoms with E-state index in [2.05, 4.69) is 20.6 Å². The second kappa shape index (κ2) is 3.51. The highest BCUT2D eigenvalue weighted by Crippen LogP contribution is 2.42. The second-order valence-electron chi connectivity index (χ2n) is 4.43. The molecule has 0 aromatic carbocycles. The Labute approximate surface area is 96.0 Å². The normalized spacial score (nSPS) is 30.8. The van der Waals surface area contributed by atoms with Gasteiger partial charge in [0.15, 0.2) is 0 Å². The van der Waals surface area contributed by atoms with E-state index >= 15 is 0 Å². The molecule has 1 amide bonds. The molecule has 3 rings (SSSR count). The number of carbonyl (C=O) groups is 2. The van der Waals surface area contributed by atoms with Crippen molar-refractivity contribution in [2.45, 2.75) is 31.3 Å². The zero-order chi connectivity index (χ0) is 12.0. The predicted octanol–water partition coefficient (Wildman–Crippen LogP) is -0.723. The van der Waals surface area contributed by atoms with Crippen molar-refractivity contribution in [3.63, 3.8) is 0 Å². The standard InChI is InChI=1S/C9H11N5O3/c15-8(7-10-12-13-11-7)14-4-1-2-6(14)5(3-4)9(16)17/h4-6H,1-3H2,(H,16,17)(H,10,11,12,13). The third-order valence-electron chi connectivity index (χ3n) is 3.63. The highest BCUT2D eigenvalue weighted by Gasteiger charge is 2.52. The summed E-state index contributed by atoms with van der Waals surface area (Å²) in [4.78, 5) is 24.8. The average Bonchev–Trinajstić information content (AvgIpc) is 3.03. The van der Waals surface area contributed by atoms with Crippen molar-refractivity contribution in [2.24, 2.45) is 5.92 Å². The fraction of sp³-hybridized carbons (Fsp3) is 0.667. The summed E-state index contributed by atoms with van der Waals surface area (Å²) in [6, 6.07) is -0.212. The van der Waals surface area contributed by atoms with Crippen LogP contribution in [-0.2, 0) is 4.79 Å². The third kappa shape index (κ3) is 1.40. The number of nitrogens with zero attached hydrogens (tertiary/aromatic N) is 4. The Bertz CT molecular complexity index is 459. The van der Waals surface area contributed by atoms with E-state index in [1.54, 1.807) is 4.90 Å². The molecule has 90 valence electrons. The van der Waals surface area contributed by atoms with Crippen molar-refractivity contribution in [1.82, 2.24) is 25.5 Å². The molecular formula is C9H11N5O3. The van der Waals surface area contributed by atoms with Crippen LogP contribution in [0.5, 0.6) is 0 Å². The maximum Gasteiger partial charge on any atom is 0.308 e. The molecule has 3 atom stereocenters. The van der Waals surface area contributed by atoms with E-state index in [1.807, 2.05) is 0 Å². The van der Waals surface area contributed by atoms with Crippen LogP contribution in [0.4, 0.5) is 0 Å². The lowest BCUT2D eigenvalue weighted by Crippen LogP contribution is -2.38. The first-order chi connectivity index (χ1) is 8.18. The van der Waals surface area contributed by atoms with Gasteiger partial charge in [0.2, 0.25) is 0 Å². The lowest BCUT2D eigenvalue weighted by molar-refractivity contribution is -0.142. The molecular weight excluding hydrogens is 226 g/mol. The summed E-state index contributed by atoms with van der Waals surface area (Å²) in [6.45, 7) is 0. The number of carboxylic acid groups (broad SMARTS) is 1. The average molecular weight is 237 g/mol. The molecule has 2 aliphatic heterocycles. The monoisotopic (exact) mass is 237 g/mol. The van der Waals surface area contributed by atoms with Gasteiger partial charge in [0, 0.05) is 12.1 Å². The summed E-state index contributed by atoms with van der Waals surface area (Å²) >= 11 is 0. The molecule has 1 aromatic heterocycles. The van der Waals surface area contributed by atoms with Crippen LogP contribution in [-0.4, -0.2) is 54.6 Å². The molecule has 0 saturated carbocycles. The smallest absolute Gasteiger partial charge is 0.308 e. The quantitative estimate of drug-likeness (QED) is 0.701. The predicted molar refractivity (Wildman–Crippen MR) is 52.9 cm³/mol. The third-order valence-corrected chi connectivity index (χ3v) is 3.63. The highest BCUT2D eigenvalue weighted by atomic mass is 16.4. The van der Waals surface area contributed by atoms with Crippen LogP contribution in [0.25, 0.3) is 0 Å². The number of amides is 1. The number of carbonyl (C=O) groups excluding carboxylic acids is 1. The van der Waals surface area contributed by atoms with Crippen molar-refractivity contribution in [3.05, 3.63) is 5.82 Å². The molecule has 8 heteroatoms. The van der Waals surface area contributed by atoms with Gasteiger partial charge in [-0.15, -0.1) is 10.2 Å². The summed E-state index contributed by atoms with van der Waals surface area (Å²) in [5.41, 5.74) is 0. The lowest BCUT2D eigenvalue weighted by Gasteiger charge is -2.21. The molecule has 0 spiro atoms. The van der Waals surface area contributed by atoms with Gasteiger partial charge >= 0.3 is 5.97 Å². The van der Waals surface area contributed by atoms with Gasteiger partial charge in [-0.1, -0.05) is 0 Å². The van der Waals surface area contributed by atoms with Gasteiger partial charge in [-0.05, 0) is 24.5 Å². The molecule has 17 heavy (non-hydrogen) atoms. The number of H-pyrrole nitrogens is 1. The van der Waals surface area contributed by atoms with Gasteiger partial charge in [0.05, 0.1) is 5.92 Å². The Morgan fingerprint density at radius 1 is 1.41 bits per heavy atom. The lowest BCUT2D eigenvalue weighted by atomic mass is 9.89. The van der Waals surface area contributed by atoms with Crippen molar-refractivity contribution >= 4 is 11.9 Å². The molecule has 1 aromatic rings. The SMILES string of the molecule is O=C(O)C1CC2CCC1N2C(=O)c1nn[nH]n1. The molecule has 2 N–H and O–H groups in total. The Morgan fingerprint density at radius 2 is 2.24 bits per heavy atom. The number of aliphatic carboxylic acids is 1. The molecule has 0 aliphatic carbocycles. The number of rotatable bonds is 2. The Kier molecular flexibility index (Phi) is 2.10. The van der Waals surface area contributed by atoms with Crippen LogP contribution >= 0.6 is 0 Å². The summed E-state index contributed by atoms with van der Waals surface area (Å²) in [6.07, 6.45) is 2.13. The van der Waals surface area contributed by atoms with Crippen LogP contribution in [0.1, 0.15) is 29.9 Å². The first-order valence-electron chi connectivity index (χ1n) is 5.47. The fourth-order valence-corrected chi connectivity index (χ4v) is 2.94. The van der Waals surface area contributed by atoms with E-state index in [1.165, 1.54) is 0 Å². The zero-order valence-electron chi connectivity index (χ0n) is 8.91. The number of hydrogen-bond donors (Lipinski definition) is 2. The Balaban J connectivity index is 1.86. The van der Waals surface area contributed by atoms with Crippen LogP contribution in [0.2, 0.25) is 0 Å². The summed E-state index contributed by atoms with van der Waals surface area (Å²) in [5.74, 6) is -1.60. The number of hydrogen-bond acceptors (Lipinski definition) is 5. The van der Waals surface area contributed by atoms with Crippen molar-refractivity contribution < 1.29 is 14.7 Å². The number of aromatic nitrogens is 4. The maximum absolute atomic E-state index is 12.1. The molecule has 3 unspecified atom stereocenters. The molecule has 2 aliphatic rings. The van der Waals surface area contributed by atoms with E-state index in [0.717, 1.165) is 12.8 Å². The Hall–Kier alpha value is -1.99. The van der Waals surface area contributed by atoms with Crippen LogP contribution < -0.4 is 0 Å². The fourth-order valence-electron chi connectivity index (χ4n) is 2.94. The van der Waals surface area contributed by atoms with E-state index in [9.17, 15) is 9.59 Å². The minimum Gasteiger partial charge on any atom is -0.481 e. The van der Waals surface area contributed by atoms with Crippen molar-refractivity contribution in [1.29, 1.82) is 0 Å². The molecule has 2 saturated heterocycles. The second-order valence-corrected chi connectivity index (χ2v) is 4.43. The van der Waals surface area contributed by atoms with Gasteiger partial charge in [0.25, 0.3) is 11.7 Å². The van der Waals surface area contributed by atoms with Gasteiger partial charge in [-0.25, -0.2) is 0 Å². The van der Waals surface area contributed by atoms with Gasteiger partial charge < -0.3 is 10.0 Å². The highest BCUT2D eigenvalue weighted by molar-refractivity contribution is 5.92. The van der Waals surface area contributed by atoms with Crippen molar-refractivity contribution in [2.75, 3.05) is 0 Å². The minimum atomic E-state index is -0.830. The number of tetrazole rings is 1. The topological polar surface area (TPSA) is 112 Å². The molecule has 3 heterocycles. The molecule has 2 bridgehead atoms. The van der Waals surface area contributed by atoms with Gasteiger partial charge in [-0.2, -0.15) is 5.21 Å². The van der Waals surface area contributed by atoms with E-state index in [0.29, 0.717) is 6.42 Å². The maximum atomic E-state index is 12.1. The molecule has 0 radical (unpaired) electrons. The van der Waals surface area contributed by atoms with E-state index in [4.69, 9.17) is 5.11 Å². The summed E-state index contributed by atoms with van der Waals surface area (Å²) in [5, 5.41) is 21.9. The number of nitrogens with one attached hydrogen (secondary N) is 1. The van der Waals surface area contributed by atoms with Gasteiger partial charge in [-0.3, -0.25) is 9.59 Å². The molecule has 8 nitrogen and oxygen atoms in total. The van der Waals surface area contributed by atoms with E-state index < -0.39 is 11.9 Å². The summed E-state index contributed by atoms with van der Waals surface area (Å²) < 4.78 is 0. The van der Waals surface area contributed by atoms with Crippen LogP contribution in [0, 0.1) is 5.92 Å². The van der Waals surface area contributed by atoms with Crippen molar-refractivity contribution in [3.8, 4) is 0 Å². The number of aromatic amines is 1.